The average Bonchev–Trinajstić information content (AvgIpc) is 3.52. The minimum absolute atomic E-state index is 0.0944. The van der Waals surface area contributed by atoms with Gasteiger partial charge in [-0.05, 0) is 30.7 Å². The van der Waals surface area contributed by atoms with Gasteiger partial charge in [-0.25, -0.2) is 14.4 Å². The molecule has 10 heteroatoms. The molecule has 0 saturated heterocycles. The lowest BCUT2D eigenvalue weighted by atomic mass is 10.0. The Kier molecular flexibility index (Phi) is 5.92. The van der Waals surface area contributed by atoms with Crippen molar-refractivity contribution in [3.8, 4) is 22.9 Å². The Balaban J connectivity index is 1.43. The molecular weight excluding hydrogens is 449 g/mol. The molecule has 1 aliphatic carbocycles. The molecule has 9 nitrogen and oxygen atoms in total. The minimum Gasteiger partial charge on any atom is -0.382 e. The first-order chi connectivity index (χ1) is 17.0. The van der Waals surface area contributed by atoms with E-state index in [0.29, 0.717) is 34.6 Å². The number of hydrogen-bond acceptors (Lipinski definition) is 7. The second-order valence-corrected chi connectivity index (χ2v) is 8.14. The molecule has 0 saturated carbocycles. The topological polar surface area (TPSA) is 125 Å². The molecule has 35 heavy (non-hydrogen) atoms. The summed E-state index contributed by atoms with van der Waals surface area (Å²) >= 11 is 0. The number of amides is 1. The first-order valence-electron chi connectivity index (χ1n) is 11.0. The van der Waals surface area contributed by atoms with Gasteiger partial charge in [0.15, 0.2) is 11.6 Å². The van der Waals surface area contributed by atoms with Crippen LogP contribution >= 0.6 is 0 Å². The molecule has 4 aromatic rings. The van der Waals surface area contributed by atoms with E-state index in [-0.39, 0.29) is 29.8 Å². The number of allylic oxidation sites excluding steroid dienone is 4. The van der Waals surface area contributed by atoms with Crippen molar-refractivity contribution in [1.29, 1.82) is 0 Å². The van der Waals surface area contributed by atoms with E-state index in [2.05, 4.69) is 25.5 Å². The van der Waals surface area contributed by atoms with Crippen LogP contribution < -0.4 is 11.1 Å². The lowest BCUT2D eigenvalue weighted by Gasteiger charge is -2.15. The van der Waals surface area contributed by atoms with Crippen LogP contribution in [0.2, 0.25) is 0 Å². The SMILES string of the molecule is Cc1ccc(C(=O)Nc2cnc(-c3cc(-c4ccon4)n(CC4=CC=CCC4F)n3)nc2N)cc1. The van der Waals surface area contributed by atoms with E-state index in [1.807, 2.05) is 25.1 Å². The second kappa shape index (κ2) is 9.34. The molecule has 3 N–H and O–H groups in total. The van der Waals surface area contributed by atoms with Gasteiger partial charge in [0.2, 0.25) is 0 Å². The van der Waals surface area contributed by atoms with Crippen molar-refractivity contribution in [2.45, 2.75) is 26.1 Å². The normalized spacial score (nSPS) is 15.1. The minimum atomic E-state index is -1.08. The fourth-order valence-electron chi connectivity index (χ4n) is 3.68. The number of carbonyl (C=O) groups is 1. The van der Waals surface area contributed by atoms with E-state index in [4.69, 9.17) is 10.3 Å². The van der Waals surface area contributed by atoms with Gasteiger partial charge < -0.3 is 15.6 Å². The summed E-state index contributed by atoms with van der Waals surface area (Å²) in [7, 11) is 0. The molecule has 0 aliphatic heterocycles. The molecule has 176 valence electrons. The van der Waals surface area contributed by atoms with Gasteiger partial charge in [-0.1, -0.05) is 41.1 Å². The molecule has 1 atom stereocenters. The zero-order valence-corrected chi connectivity index (χ0v) is 18.9. The molecule has 5 rings (SSSR count). The number of aromatic nitrogens is 5. The standard InChI is InChI=1S/C25H22FN7O2/c1-15-6-8-16(9-7-15)25(34)29-21-13-28-24(30-23(21)27)20-12-22(19-10-11-35-32-19)33(31-20)14-17-4-2-3-5-18(17)26/h2-4,6-13,18H,5,14H2,1H3,(H,29,34)(H2,27,28,30). The van der Waals surface area contributed by atoms with Crippen molar-refractivity contribution in [3.63, 3.8) is 0 Å². The summed E-state index contributed by atoms with van der Waals surface area (Å²) in [5.74, 6) is 0.0341. The molecule has 0 radical (unpaired) electrons. The summed E-state index contributed by atoms with van der Waals surface area (Å²) in [4.78, 5) is 21.2. The highest BCUT2D eigenvalue weighted by atomic mass is 19.1. The molecule has 0 bridgehead atoms. The number of nitrogens with one attached hydrogen (secondary N) is 1. The third-order valence-electron chi connectivity index (χ3n) is 5.61. The number of halogens is 1. The van der Waals surface area contributed by atoms with Crippen LogP contribution in [0, 0.1) is 6.92 Å². The fourth-order valence-corrected chi connectivity index (χ4v) is 3.68. The predicted octanol–water partition coefficient (Wildman–Crippen LogP) is 4.36. The maximum absolute atomic E-state index is 14.4. The monoisotopic (exact) mass is 471 g/mol. The molecular formula is C25H22FN7O2. The van der Waals surface area contributed by atoms with E-state index in [9.17, 15) is 9.18 Å². The number of rotatable bonds is 6. The van der Waals surface area contributed by atoms with Crippen LogP contribution in [-0.4, -0.2) is 37.0 Å². The van der Waals surface area contributed by atoms with Gasteiger partial charge in [0.25, 0.3) is 5.91 Å². The van der Waals surface area contributed by atoms with Gasteiger partial charge in [-0.15, -0.1) is 0 Å². The van der Waals surface area contributed by atoms with Crippen molar-refractivity contribution in [1.82, 2.24) is 24.9 Å². The first kappa shape index (κ1) is 22.2. The number of alkyl halides is 1. The van der Waals surface area contributed by atoms with Crippen LogP contribution in [0.4, 0.5) is 15.9 Å². The van der Waals surface area contributed by atoms with Crippen LogP contribution in [-0.2, 0) is 6.54 Å². The molecule has 1 aromatic carbocycles. The number of carbonyl (C=O) groups excluding carboxylic acids is 1. The molecule has 1 aliphatic rings. The Morgan fingerprint density at radius 2 is 2.09 bits per heavy atom. The maximum atomic E-state index is 14.4. The van der Waals surface area contributed by atoms with E-state index in [0.717, 1.165) is 5.56 Å². The van der Waals surface area contributed by atoms with E-state index < -0.39 is 6.17 Å². The van der Waals surface area contributed by atoms with Crippen molar-refractivity contribution in [3.05, 3.63) is 83.8 Å². The van der Waals surface area contributed by atoms with Crippen LogP contribution in [0.15, 0.2) is 77.2 Å². The van der Waals surface area contributed by atoms with Gasteiger partial charge >= 0.3 is 0 Å². The van der Waals surface area contributed by atoms with Gasteiger partial charge in [-0.2, -0.15) is 5.10 Å². The number of nitrogens with two attached hydrogens (primary N) is 1. The highest BCUT2D eigenvalue weighted by Gasteiger charge is 2.21. The summed E-state index contributed by atoms with van der Waals surface area (Å²) < 4.78 is 21.0. The molecule has 3 heterocycles. The van der Waals surface area contributed by atoms with Crippen molar-refractivity contribution in [2.24, 2.45) is 0 Å². The number of anilines is 2. The van der Waals surface area contributed by atoms with Crippen LogP contribution in [0.25, 0.3) is 22.9 Å². The van der Waals surface area contributed by atoms with E-state index in [1.165, 1.54) is 12.5 Å². The number of aryl methyl sites for hydroxylation is 1. The second-order valence-electron chi connectivity index (χ2n) is 8.14. The van der Waals surface area contributed by atoms with Gasteiger partial charge in [-0.3, -0.25) is 9.48 Å². The summed E-state index contributed by atoms with van der Waals surface area (Å²) in [6, 6.07) is 10.6. The highest BCUT2D eigenvalue weighted by Crippen LogP contribution is 2.28. The average molecular weight is 471 g/mol. The molecule has 0 spiro atoms. The number of nitrogen functional groups attached to an aromatic ring is 1. The Labute approximate surface area is 200 Å². The molecule has 1 unspecified atom stereocenters. The largest absolute Gasteiger partial charge is 0.382 e. The van der Waals surface area contributed by atoms with Crippen LogP contribution in [0.1, 0.15) is 22.3 Å². The fraction of sp³-hybridized carbons (Fsp3) is 0.160. The predicted molar refractivity (Wildman–Crippen MR) is 129 cm³/mol. The number of hydrogen-bond donors (Lipinski definition) is 2. The van der Waals surface area contributed by atoms with Gasteiger partial charge in [0.05, 0.1) is 18.4 Å². The lowest BCUT2D eigenvalue weighted by Crippen LogP contribution is -2.15. The third kappa shape index (κ3) is 4.72. The van der Waals surface area contributed by atoms with Crippen LogP contribution in [0.3, 0.4) is 0 Å². The Bertz CT molecular complexity index is 1420. The molecule has 1 amide bonds. The zero-order chi connectivity index (χ0) is 24.4. The van der Waals surface area contributed by atoms with Gasteiger partial charge in [0.1, 0.15) is 29.5 Å². The number of benzene rings is 1. The summed E-state index contributed by atoms with van der Waals surface area (Å²) in [5, 5.41) is 11.3. The molecule has 3 aromatic heterocycles. The summed E-state index contributed by atoms with van der Waals surface area (Å²) in [6.45, 7) is 2.18. The third-order valence-corrected chi connectivity index (χ3v) is 5.61. The Hall–Kier alpha value is -4.60. The maximum Gasteiger partial charge on any atom is 0.255 e. The first-order valence-corrected chi connectivity index (χ1v) is 11.0. The smallest absolute Gasteiger partial charge is 0.255 e. The Morgan fingerprint density at radius 1 is 1.26 bits per heavy atom. The Morgan fingerprint density at radius 3 is 2.80 bits per heavy atom. The summed E-state index contributed by atoms with van der Waals surface area (Å²) in [5.41, 5.74) is 10.1. The zero-order valence-electron chi connectivity index (χ0n) is 18.9. The van der Waals surface area contributed by atoms with Crippen molar-refractivity contribution >= 4 is 17.4 Å². The number of nitrogens with zero attached hydrogens (tertiary/aromatic N) is 5. The van der Waals surface area contributed by atoms with Crippen molar-refractivity contribution in [2.75, 3.05) is 11.1 Å². The lowest BCUT2D eigenvalue weighted by molar-refractivity contribution is 0.102. The quantitative estimate of drug-likeness (QED) is 0.428. The molecule has 0 fully saturated rings. The van der Waals surface area contributed by atoms with E-state index >= 15 is 0 Å². The van der Waals surface area contributed by atoms with Gasteiger partial charge in [0, 0.05) is 18.1 Å². The van der Waals surface area contributed by atoms with E-state index in [1.54, 1.807) is 41.1 Å². The van der Waals surface area contributed by atoms with Crippen molar-refractivity contribution < 1.29 is 13.7 Å². The highest BCUT2D eigenvalue weighted by molar-refractivity contribution is 6.05. The van der Waals surface area contributed by atoms with Crippen LogP contribution in [0.5, 0.6) is 0 Å². The summed E-state index contributed by atoms with van der Waals surface area (Å²) in [6.07, 6.45) is 7.51.